The number of piperidine rings is 1. The summed E-state index contributed by atoms with van der Waals surface area (Å²) in [6.07, 6.45) is 3.36. The van der Waals surface area contributed by atoms with Crippen molar-refractivity contribution in [2.75, 3.05) is 39.4 Å². The highest BCUT2D eigenvalue weighted by Crippen LogP contribution is 2.21. The average molecular weight is 339 g/mol. The standard InChI is InChI=1S/C20H25N3O2/c24-20(19-9-8-16-5-1-2-7-18(16)21-19)23-10-4-3-6-17(23)15-22-11-13-25-14-12-22/h1-2,5,7-9,17H,3-4,6,10-15H2/t17-/m1/s1. The second-order valence-electron chi connectivity index (χ2n) is 6.95. The molecule has 3 heterocycles. The number of para-hydroxylation sites is 1. The number of nitrogens with zero attached hydrogens (tertiary/aromatic N) is 3. The Kier molecular flexibility index (Phi) is 4.95. The molecule has 2 saturated heterocycles. The molecule has 2 fully saturated rings. The number of fused-ring (bicyclic) bond motifs is 1. The predicted octanol–water partition coefficient (Wildman–Crippen LogP) is 2.56. The third kappa shape index (κ3) is 3.67. The van der Waals surface area contributed by atoms with Gasteiger partial charge in [-0.05, 0) is 31.4 Å². The van der Waals surface area contributed by atoms with Gasteiger partial charge < -0.3 is 9.64 Å². The normalized spacial score (nSPS) is 22.2. The molecule has 2 aromatic rings. The Labute approximate surface area is 148 Å². The Morgan fingerprint density at radius 2 is 1.92 bits per heavy atom. The van der Waals surface area contributed by atoms with E-state index in [-0.39, 0.29) is 11.9 Å². The van der Waals surface area contributed by atoms with E-state index in [9.17, 15) is 4.79 Å². The van der Waals surface area contributed by atoms with Crippen LogP contribution in [0.15, 0.2) is 36.4 Å². The number of benzene rings is 1. The van der Waals surface area contributed by atoms with Gasteiger partial charge in [-0.2, -0.15) is 0 Å². The van der Waals surface area contributed by atoms with Gasteiger partial charge in [0.1, 0.15) is 5.69 Å². The molecule has 5 nitrogen and oxygen atoms in total. The first-order valence-electron chi connectivity index (χ1n) is 9.28. The molecule has 4 rings (SSSR count). The molecule has 0 unspecified atom stereocenters. The highest BCUT2D eigenvalue weighted by molar-refractivity contribution is 5.95. The Morgan fingerprint density at radius 1 is 1.08 bits per heavy atom. The first-order valence-corrected chi connectivity index (χ1v) is 9.28. The van der Waals surface area contributed by atoms with Crippen molar-refractivity contribution in [2.24, 2.45) is 0 Å². The molecule has 0 radical (unpaired) electrons. The minimum absolute atomic E-state index is 0.0729. The second-order valence-corrected chi connectivity index (χ2v) is 6.95. The molecule has 25 heavy (non-hydrogen) atoms. The van der Waals surface area contributed by atoms with E-state index in [1.807, 2.05) is 36.4 Å². The first kappa shape index (κ1) is 16.5. The zero-order chi connectivity index (χ0) is 17.1. The maximum Gasteiger partial charge on any atom is 0.272 e. The molecule has 1 atom stereocenters. The van der Waals surface area contributed by atoms with Crippen molar-refractivity contribution in [3.05, 3.63) is 42.1 Å². The number of aromatic nitrogens is 1. The van der Waals surface area contributed by atoms with Gasteiger partial charge >= 0.3 is 0 Å². The van der Waals surface area contributed by atoms with E-state index in [1.54, 1.807) is 0 Å². The van der Waals surface area contributed by atoms with Crippen LogP contribution in [0.2, 0.25) is 0 Å². The molecule has 1 amide bonds. The van der Waals surface area contributed by atoms with Crippen LogP contribution in [0.25, 0.3) is 10.9 Å². The third-order valence-electron chi connectivity index (χ3n) is 5.28. The summed E-state index contributed by atoms with van der Waals surface area (Å²) in [7, 11) is 0. The van der Waals surface area contributed by atoms with Crippen LogP contribution in [0.1, 0.15) is 29.8 Å². The molecule has 0 spiro atoms. The minimum Gasteiger partial charge on any atom is -0.379 e. The van der Waals surface area contributed by atoms with Gasteiger partial charge in [-0.3, -0.25) is 9.69 Å². The Morgan fingerprint density at radius 3 is 2.80 bits per heavy atom. The molecule has 132 valence electrons. The summed E-state index contributed by atoms with van der Waals surface area (Å²) in [5, 5.41) is 1.07. The van der Waals surface area contributed by atoms with Gasteiger partial charge in [-0.1, -0.05) is 24.3 Å². The summed E-state index contributed by atoms with van der Waals surface area (Å²) in [6.45, 7) is 5.31. The van der Waals surface area contributed by atoms with Crippen molar-refractivity contribution >= 4 is 16.8 Å². The molecule has 0 aliphatic carbocycles. The second kappa shape index (κ2) is 7.50. The average Bonchev–Trinajstić information content (AvgIpc) is 2.68. The van der Waals surface area contributed by atoms with Crippen molar-refractivity contribution in [1.82, 2.24) is 14.8 Å². The maximum atomic E-state index is 13.1. The van der Waals surface area contributed by atoms with Gasteiger partial charge in [-0.15, -0.1) is 0 Å². The van der Waals surface area contributed by atoms with Gasteiger partial charge in [-0.25, -0.2) is 4.98 Å². The van der Waals surface area contributed by atoms with E-state index in [0.717, 1.165) is 63.1 Å². The van der Waals surface area contributed by atoms with Crippen molar-refractivity contribution in [3.63, 3.8) is 0 Å². The quantitative estimate of drug-likeness (QED) is 0.862. The molecule has 0 N–H and O–H groups in total. The lowest BCUT2D eigenvalue weighted by atomic mass is 10.0. The van der Waals surface area contributed by atoms with Crippen LogP contribution in [-0.4, -0.2) is 66.1 Å². The zero-order valence-corrected chi connectivity index (χ0v) is 14.6. The number of carbonyl (C=O) groups excluding carboxylic acids is 1. The number of hydrogen-bond donors (Lipinski definition) is 0. The van der Waals surface area contributed by atoms with E-state index in [1.165, 1.54) is 6.42 Å². The zero-order valence-electron chi connectivity index (χ0n) is 14.6. The number of pyridine rings is 1. The van der Waals surface area contributed by atoms with Gasteiger partial charge in [0.2, 0.25) is 0 Å². The molecule has 1 aromatic heterocycles. The molecular weight excluding hydrogens is 314 g/mol. The molecule has 2 aliphatic rings. The summed E-state index contributed by atoms with van der Waals surface area (Å²) in [4.78, 5) is 22.2. The Bertz CT molecular complexity index is 743. The lowest BCUT2D eigenvalue weighted by Gasteiger charge is -2.39. The number of hydrogen-bond acceptors (Lipinski definition) is 4. The smallest absolute Gasteiger partial charge is 0.272 e. The van der Waals surface area contributed by atoms with Crippen molar-refractivity contribution < 1.29 is 9.53 Å². The van der Waals surface area contributed by atoms with Gasteiger partial charge in [0.15, 0.2) is 0 Å². The SMILES string of the molecule is O=C(c1ccc2ccccc2n1)N1CCCC[C@@H]1CN1CCOCC1. The lowest BCUT2D eigenvalue weighted by molar-refractivity contribution is 0.0165. The summed E-state index contributed by atoms with van der Waals surface area (Å²) >= 11 is 0. The van der Waals surface area contributed by atoms with Crippen LogP contribution >= 0.6 is 0 Å². The Hall–Kier alpha value is -1.98. The van der Waals surface area contributed by atoms with Crippen LogP contribution in [0, 0.1) is 0 Å². The van der Waals surface area contributed by atoms with Gasteiger partial charge in [0.25, 0.3) is 5.91 Å². The van der Waals surface area contributed by atoms with E-state index in [0.29, 0.717) is 5.69 Å². The highest BCUT2D eigenvalue weighted by atomic mass is 16.5. The van der Waals surface area contributed by atoms with E-state index < -0.39 is 0 Å². The summed E-state index contributed by atoms with van der Waals surface area (Å²) < 4.78 is 5.44. The van der Waals surface area contributed by atoms with Crippen molar-refractivity contribution in [3.8, 4) is 0 Å². The van der Waals surface area contributed by atoms with E-state index >= 15 is 0 Å². The van der Waals surface area contributed by atoms with Crippen molar-refractivity contribution in [1.29, 1.82) is 0 Å². The van der Waals surface area contributed by atoms with Crippen LogP contribution in [0.5, 0.6) is 0 Å². The van der Waals surface area contributed by atoms with Gasteiger partial charge in [0.05, 0.1) is 18.7 Å². The summed E-state index contributed by atoms with van der Waals surface area (Å²) in [6, 6.07) is 12.1. The highest BCUT2D eigenvalue weighted by Gasteiger charge is 2.30. The number of carbonyl (C=O) groups is 1. The maximum absolute atomic E-state index is 13.1. The van der Waals surface area contributed by atoms with Crippen LogP contribution in [0.4, 0.5) is 0 Å². The van der Waals surface area contributed by atoms with Crippen LogP contribution in [-0.2, 0) is 4.74 Å². The van der Waals surface area contributed by atoms with Crippen molar-refractivity contribution in [2.45, 2.75) is 25.3 Å². The fourth-order valence-corrected chi connectivity index (χ4v) is 3.87. The lowest BCUT2D eigenvalue weighted by Crippen LogP contribution is -2.51. The third-order valence-corrected chi connectivity index (χ3v) is 5.28. The molecule has 5 heteroatoms. The summed E-state index contributed by atoms with van der Waals surface area (Å²) in [5.74, 6) is 0.0729. The largest absolute Gasteiger partial charge is 0.379 e. The Balaban J connectivity index is 1.52. The first-order chi connectivity index (χ1) is 12.3. The van der Waals surface area contributed by atoms with E-state index in [4.69, 9.17) is 4.74 Å². The topological polar surface area (TPSA) is 45.7 Å². The fraction of sp³-hybridized carbons (Fsp3) is 0.500. The number of likely N-dealkylation sites (tertiary alicyclic amines) is 1. The minimum atomic E-state index is 0.0729. The number of ether oxygens (including phenoxy) is 1. The number of morpholine rings is 1. The number of amides is 1. The van der Waals surface area contributed by atoms with E-state index in [2.05, 4.69) is 14.8 Å². The fourth-order valence-electron chi connectivity index (χ4n) is 3.87. The molecule has 0 bridgehead atoms. The molecule has 0 saturated carbocycles. The van der Waals surface area contributed by atoms with Crippen LogP contribution < -0.4 is 0 Å². The number of rotatable bonds is 3. The van der Waals surface area contributed by atoms with Crippen LogP contribution in [0.3, 0.4) is 0 Å². The molecule has 2 aliphatic heterocycles. The predicted molar refractivity (Wildman–Crippen MR) is 97.7 cm³/mol. The molecule has 1 aromatic carbocycles. The molecular formula is C20H25N3O2. The van der Waals surface area contributed by atoms with Gasteiger partial charge in [0, 0.05) is 37.6 Å². The summed E-state index contributed by atoms with van der Waals surface area (Å²) in [5.41, 5.74) is 1.45. The monoisotopic (exact) mass is 339 g/mol.